The molecule has 0 unspecified atom stereocenters. The van der Waals surface area contributed by atoms with Crippen molar-refractivity contribution in [3.63, 3.8) is 0 Å². The highest BCUT2D eigenvalue weighted by molar-refractivity contribution is 5.98. The van der Waals surface area contributed by atoms with Gasteiger partial charge in [0, 0.05) is 13.1 Å². The number of amides is 1. The van der Waals surface area contributed by atoms with Crippen LogP contribution in [0, 0.1) is 0 Å². The van der Waals surface area contributed by atoms with Gasteiger partial charge in [-0.1, -0.05) is 0 Å². The molecule has 6 heteroatoms. The number of carbonyl (C=O) groups excluding carboxylic acids is 1. The van der Waals surface area contributed by atoms with Gasteiger partial charge in [-0.15, -0.1) is 0 Å². The average molecular weight is 198 g/mol. The van der Waals surface area contributed by atoms with Crippen molar-refractivity contribution < 1.29 is 9.90 Å². The summed E-state index contributed by atoms with van der Waals surface area (Å²) in [6.07, 6.45) is 1.40. The Kier molecular flexibility index (Phi) is 3.08. The maximum absolute atomic E-state index is 11.5. The Balaban J connectivity index is 2.75. The molecule has 1 amide bonds. The fourth-order valence-corrected chi connectivity index (χ4v) is 0.969. The van der Waals surface area contributed by atoms with Crippen molar-refractivity contribution in [2.75, 3.05) is 12.3 Å². The van der Waals surface area contributed by atoms with Gasteiger partial charge in [-0.2, -0.15) is 5.10 Å². The number of aliphatic hydroxyl groups excluding tert-OH is 1. The third-order valence-corrected chi connectivity index (χ3v) is 1.88. The first-order valence-electron chi connectivity index (χ1n) is 4.25. The number of hydrogen-bond donors (Lipinski definition) is 3. The van der Waals surface area contributed by atoms with Crippen LogP contribution >= 0.6 is 0 Å². The fraction of sp³-hybridized carbons (Fsp3) is 0.500. The van der Waals surface area contributed by atoms with Gasteiger partial charge in [0.1, 0.15) is 11.4 Å². The number of aromatic nitrogens is 2. The van der Waals surface area contributed by atoms with Gasteiger partial charge in [-0.05, 0) is 6.92 Å². The standard InChI is InChI=1S/C8H14N4O2/c1-5(4-13)11-8(14)6-3-10-12(2)7(6)9/h3,5,13H,4,9H2,1-2H3,(H,11,14)/t5-/m0/s1. The number of rotatable bonds is 3. The molecule has 1 aromatic heterocycles. The summed E-state index contributed by atoms with van der Waals surface area (Å²) in [5.41, 5.74) is 5.92. The number of nitrogens with one attached hydrogen (secondary N) is 1. The van der Waals surface area contributed by atoms with Crippen LogP contribution in [0.15, 0.2) is 6.20 Å². The van der Waals surface area contributed by atoms with Gasteiger partial charge in [-0.3, -0.25) is 9.48 Å². The number of nitrogen functional groups attached to an aromatic ring is 1. The molecule has 0 aliphatic heterocycles. The zero-order valence-corrected chi connectivity index (χ0v) is 8.19. The predicted octanol–water partition coefficient (Wildman–Crippen LogP) is -0.887. The van der Waals surface area contributed by atoms with E-state index >= 15 is 0 Å². The first-order valence-corrected chi connectivity index (χ1v) is 4.25. The van der Waals surface area contributed by atoms with Crippen LogP contribution in [0.3, 0.4) is 0 Å². The zero-order chi connectivity index (χ0) is 10.7. The Bertz CT molecular complexity index is 334. The predicted molar refractivity (Wildman–Crippen MR) is 51.6 cm³/mol. The van der Waals surface area contributed by atoms with Gasteiger partial charge in [0.05, 0.1) is 12.8 Å². The summed E-state index contributed by atoms with van der Waals surface area (Å²) in [6, 6.07) is -0.290. The van der Waals surface area contributed by atoms with E-state index in [0.717, 1.165) is 0 Å². The topological polar surface area (TPSA) is 93.2 Å². The van der Waals surface area contributed by atoms with Crippen LogP contribution in [-0.4, -0.2) is 33.4 Å². The van der Waals surface area contributed by atoms with Gasteiger partial charge in [0.15, 0.2) is 0 Å². The Hall–Kier alpha value is -1.56. The average Bonchev–Trinajstić information content (AvgIpc) is 2.47. The molecular formula is C8H14N4O2. The van der Waals surface area contributed by atoms with Gasteiger partial charge in [0.25, 0.3) is 5.91 Å². The molecule has 1 heterocycles. The number of aryl methyl sites for hydroxylation is 1. The van der Waals surface area contributed by atoms with E-state index in [9.17, 15) is 4.79 Å². The molecule has 0 fully saturated rings. The van der Waals surface area contributed by atoms with Crippen molar-refractivity contribution in [3.05, 3.63) is 11.8 Å². The molecule has 4 N–H and O–H groups in total. The van der Waals surface area contributed by atoms with Crippen LogP contribution in [-0.2, 0) is 7.05 Å². The Labute approximate surface area is 81.7 Å². The van der Waals surface area contributed by atoms with Crippen molar-refractivity contribution >= 4 is 11.7 Å². The van der Waals surface area contributed by atoms with Crippen molar-refractivity contribution in [1.29, 1.82) is 0 Å². The molecule has 1 aromatic rings. The highest BCUT2D eigenvalue weighted by Crippen LogP contribution is 2.08. The molecule has 0 aliphatic carbocycles. The largest absolute Gasteiger partial charge is 0.394 e. The minimum absolute atomic E-state index is 0.105. The lowest BCUT2D eigenvalue weighted by atomic mass is 10.2. The van der Waals surface area contributed by atoms with E-state index in [4.69, 9.17) is 10.8 Å². The summed E-state index contributed by atoms with van der Waals surface area (Å²) < 4.78 is 1.42. The molecule has 0 spiro atoms. The number of aliphatic hydroxyl groups is 1. The zero-order valence-electron chi connectivity index (χ0n) is 8.19. The van der Waals surface area contributed by atoms with Crippen LogP contribution in [0.2, 0.25) is 0 Å². The van der Waals surface area contributed by atoms with Crippen LogP contribution in [0.25, 0.3) is 0 Å². The van der Waals surface area contributed by atoms with Crippen molar-refractivity contribution in [3.8, 4) is 0 Å². The lowest BCUT2D eigenvalue weighted by Crippen LogP contribution is -2.35. The molecule has 0 saturated carbocycles. The summed E-state index contributed by atoms with van der Waals surface area (Å²) >= 11 is 0. The number of nitrogens with zero attached hydrogens (tertiary/aromatic N) is 2. The Morgan fingerprint density at radius 1 is 1.86 bits per heavy atom. The second kappa shape index (κ2) is 4.10. The molecule has 0 aliphatic rings. The van der Waals surface area contributed by atoms with Gasteiger partial charge in [-0.25, -0.2) is 0 Å². The SMILES string of the molecule is C[C@@H](CO)NC(=O)c1cnn(C)c1N. The molecule has 0 saturated heterocycles. The number of nitrogens with two attached hydrogens (primary N) is 1. The van der Waals surface area contributed by atoms with Crippen LogP contribution in [0.5, 0.6) is 0 Å². The first-order chi connectivity index (χ1) is 6.56. The van der Waals surface area contributed by atoms with Crippen molar-refractivity contribution in [1.82, 2.24) is 15.1 Å². The molecule has 14 heavy (non-hydrogen) atoms. The monoisotopic (exact) mass is 198 g/mol. The summed E-state index contributed by atoms with van der Waals surface area (Å²) in [6.45, 7) is 1.59. The van der Waals surface area contributed by atoms with Crippen LogP contribution < -0.4 is 11.1 Å². The van der Waals surface area contributed by atoms with Crippen LogP contribution in [0.1, 0.15) is 17.3 Å². The second-order valence-electron chi connectivity index (χ2n) is 3.12. The van der Waals surface area contributed by atoms with E-state index in [1.165, 1.54) is 10.9 Å². The molecule has 1 atom stereocenters. The van der Waals surface area contributed by atoms with Gasteiger partial charge < -0.3 is 16.2 Å². The lowest BCUT2D eigenvalue weighted by molar-refractivity contribution is 0.0923. The van der Waals surface area contributed by atoms with E-state index in [-0.39, 0.29) is 18.6 Å². The third-order valence-electron chi connectivity index (χ3n) is 1.88. The minimum Gasteiger partial charge on any atom is -0.394 e. The second-order valence-corrected chi connectivity index (χ2v) is 3.12. The molecule has 1 rings (SSSR count). The van der Waals surface area contributed by atoms with E-state index in [2.05, 4.69) is 10.4 Å². The van der Waals surface area contributed by atoms with E-state index in [1.54, 1.807) is 14.0 Å². The number of anilines is 1. The molecule has 0 bridgehead atoms. The van der Waals surface area contributed by atoms with Crippen molar-refractivity contribution in [2.45, 2.75) is 13.0 Å². The van der Waals surface area contributed by atoms with E-state index < -0.39 is 0 Å². The van der Waals surface area contributed by atoms with Crippen LogP contribution in [0.4, 0.5) is 5.82 Å². The normalized spacial score (nSPS) is 12.5. The smallest absolute Gasteiger partial charge is 0.256 e. The highest BCUT2D eigenvalue weighted by atomic mass is 16.3. The third kappa shape index (κ3) is 2.02. The van der Waals surface area contributed by atoms with Crippen molar-refractivity contribution in [2.24, 2.45) is 7.05 Å². The molecule has 0 aromatic carbocycles. The summed E-state index contributed by atoms with van der Waals surface area (Å²) in [7, 11) is 1.65. The Morgan fingerprint density at radius 2 is 2.50 bits per heavy atom. The first kappa shape index (κ1) is 10.5. The summed E-state index contributed by atoms with van der Waals surface area (Å²) in [4.78, 5) is 11.5. The van der Waals surface area contributed by atoms with Gasteiger partial charge in [0.2, 0.25) is 0 Å². The summed E-state index contributed by atoms with van der Waals surface area (Å²) in [5, 5.41) is 15.2. The lowest BCUT2D eigenvalue weighted by Gasteiger charge is -2.09. The van der Waals surface area contributed by atoms with E-state index in [1.807, 2.05) is 0 Å². The fourth-order valence-electron chi connectivity index (χ4n) is 0.969. The highest BCUT2D eigenvalue weighted by Gasteiger charge is 2.14. The van der Waals surface area contributed by atoms with Gasteiger partial charge >= 0.3 is 0 Å². The van der Waals surface area contributed by atoms with E-state index in [0.29, 0.717) is 11.4 Å². The molecule has 78 valence electrons. The maximum atomic E-state index is 11.5. The number of hydrogen-bond acceptors (Lipinski definition) is 4. The summed E-state index contributed by atoms with van der Waals surface area (Å²) in [5.74, 6) is -0.00945. The maximum Gasteiger partial charge on any atom is 0.256 e. The number of carbonyl (C=O) groups is 1. The quantitative estimate of drug-likeness (QED) is 0.587. The molecule has 0 radical (unpaired) electrons. The molecular weight excluding hydrogens is 184 g/mol. The minimum atomic E-state index is -0.322. The molecule has 6 nitrogen and oxygen atoms in total. The Morgan fingerprint density at radius 3 is 2.93 bits per heavy atom.